The Labute approximate surface area is 156 Å². The number of aliphatic hydroxyl groups is 1. The SMILES string of the molecule is CN1CCC(O)C1=O.Cc1nccc(-c2csc(-c3ccccc3)n2)n1. The van der Waals surface area contributed by atoms with E-state index in [1.807, 2.05) is 36.6 Å². The van der Waals surface area contributed by atoms with E-state index in [9.17, 15) is 4.79 Å². The highest BCUT2D eigenvalue weighted by Crippen LogP contribution is 2.27. The second kappa shape index (κ2) is 8.16. The van der Waals surface area contributed by atoms with E-state index in [1.165, 1.54) is 4.90 Å². The average Bonchev–Trinajstić information content (AvgIpc) is 3.26. The molecule has 1 saturated heterocycles. The molecular weight excluding hydrogens is 348 g/mol. The highest BCUT2D eigenvalue weighted by atomic mass is 32.1. The van der Waals surface area contributed by atoms with Gasteiger partial charge in [0, 0.05) is 30.7 Å². The van der Waals surface area contributed by atoms with Gasteiger partial charge in [-0.05, 0) is 19.4 Å². The molecule has 1 atom stereocenters. The summed E-state index contributed by atoms with van der Waals surface area (Å²) in [5.41, 5.74) is 2.92. The van der Waals surface area contributed by atoms with Crippen molar-refractivity contribution in [1.82, 2.24) is 19.9 Å². The lowest BCUT2D eigenvalue weighted by Crippen LogP contribution is -2.24. The molecule has 4 rings (SSSR count). The van der Waals surface area contributed by atoms with E-state index in [1.54, 1.807) is 24.6 Å². The van der Waals surface area contributed by atoms with Crippen LogP contribution in [0.25, 0.3) is 22.0 Å². The summed E-state index contributed by atoms with van der Waals surface area (Å²) in [6.45, 7) is 2.58. The third-order valence-corrected chi connectivity index (χ3v) is 4.85. The maximum atomic E-state index is 10.6. The molecular formula is C19H20N4O2S. The summed E-state index contributed by atoms with van der Waals surface area (Å²) in [5.74, 6) is 0.617. The smallest absolute Gasteiger partial charge is 0.251 e. The molecule has 2 aromatic heterocycles. The van der Waals surface area contributed by atoms with Gasteiger partial charge in [0.1, 0.15) is 22.6 Å². The molecule has 1 aliphatic heterocycles. The summed E-state index contributed by atoms with van der Waals surface area (Å²) < 4.78 is 0. The molecule has 0 radical (unpaired) electrons. The van der Waals surface area contributed by atoms with Crippen LogP contribution < -0.4 is 0 Å². The Morgan fingerprint density at radius 2 is 1.92 bits per heavy atom. The van der Waals surface area contributed by atoms with E-state index in [0.29, 0.717) is 13.0 Å². The number of aromatic nitrogens is 3. The molecule has 1 fully saturated rings. The van der Waals surface area contributed by atoms with Gasteiger partial charge in [-0.15, -0.1) is 11.3 Å². The van der Waals surface area contributed by atoms with Gasteiger partial charge in [-0.3, -0.25) is 4.79 Å². The summed E-state index contributed by atoms with van der Waals surface area (Å²) in [5, 5.41) is 11.8. The molecule has 1 N–H and O–H groups in total. The number of aliphatic hydroxyl groups excluding tert-OH is 1. The molecule has 0 bridgehead atoms. The van der Waals surface area contributed by atoms with Crippen molar-refractivity contribution < 1.29 is 9.90 Å². The number of hydrogen-bond acceptors (Lipinski definition) is 6. The van der Waals surface area contributed by atoms with Crippen molar-refractivity contribution in [1.29, 1.82) is 0 Å². The summed E-state index contributed by atoms with van der Waals surface area (Å²) in [7, 11) is 1.69. The van der Waals surface area contributed by atoms with Crippen LogP contribution in [0.2, 0.25) is 0 Å². The number of rotatable bonds is 2. The largest absolute Gasteiger partial charge is 0.383 e. The molecule has 1 aliphatic rings. The van der Waals surface area contributed by atoms with Gasteiger partial charge in [-0.2, -0.15) is 0 Å². The van der Waals surface area contributed by atoms with Crippen LogP contribution in [0, 0.1) is 6.92 Å². The fourth-order valence-electron chi connectivity index (χ4n) is 2.51. The van der Waals surface area contributed by atoms with E-state index >= 15 is 0 Å². The number of carbonyl (C=O) groups excluding carboxylic acids is 1. The molecule has 3 heterocycles. The molecule has 0 aliphatic carbocycles. The standard InChI is InChI=1S/C14H11N3S.C5H9NO2/c1-10-15-8-7-12(16-10)13-9-18-14(17-13)11-5-3-2-4-6-11;1-6-3-2-4(7)5(6)8/h2-9H,1H3;4,7H,2-3H2,1H3. The highest BCUT2D eigenvalue weighted by Gasteiger charge is 2.25. The summed E-state index contributed by atoms with van der Waals surface area (Å²) in [4.78, 5) is 25.2. The topological polar surface area (TPSA) is 79.2 Å². The Kier molecular flexibility index (Phi) is 5.70. The lowest BCUT2D eigenvalue weighted by Gasteiger charge is -2.04. The van der Waals surface area contributed by atoms with Crippen LogP contribution >= 0.6 is 11.3 Å². The van der Waals surface area contributed by atoms with Gasteiger partial charge in [0.15, 0.2) is 0 Å². The first-order valence-electron chi connectivity index (χ1n) is 8.28. The molecule has 134 valence electrons. The van der Waals surface area contributed by atoms with E-state index < -0.39 is 6.10 Å². The minimum absolute atomic E-state index is 0.148. The molecule has 0 saturated carbocycles. The van der Waals surface area contributed by atoms with Gasteiger partial charge in [-0.25, -0.2) is 15.0 Å². The van der Waals surface area contributed by atoms with Crippen molar-refractivity contribution >= 4 is 17.2 Å². The number of carbonyl (C=O) groups is 1. The number of likely N-dealkylation sites (tertiary alicyclic amines) is 1. The lowest BCUT2D eigenvalue weighted by atomic mass is 10.2. The number of benzene rings is 1. The van der Waals surface area contributed by atoms with Gasteiger partial charge in [0.2, 0.25) is 0 Å². The first-order chi connectivity index (χ1) is 12.5. The summed E-state index contributed by atoms with van der Waals surface area (Å²) >= 11 is 1.63. The minimum Gasteiger partial charge on any atom is -0.383 e. The fraction of sp³-hybridized carbons (Fsp3) is 0.263. The molecule has 1 amide bonds. The quantitative estimate of drug-likeness (QED) is 0.752. The molecule has 26 heavy (non-hydrogen) atoms. The number of aryl methyl sites for hydroxylation is 1. The van der Waals surface area contributed by atoms with Crippen molar-refractivity contribution in [3.63, 3.8) is 0 Å². The van der Waals surface area contributed by atoms with Crippen LogP contribution in [0.4, 0.5) is 0 Å². The summed E-state index contributed by atoms with van der Waals surface area (Å²) in [6, 6.07) is 12.1. The zero-order chi connectivity index (χ0) is 18.5. The second-order valence-corrected chi connectivity index (χ2v) is 6.82. The summed E-state index contributed by atoms with van der Waals surface area (Å²) in [6.07, 6.45) is 1.63. The Morgan fingerprint density at radius 3 is 2.50 bits per heavy atom. The molecule has 0 spiro atoms. The zero-order valence-electron chi connectivity index (χ0n) is 14.7. The molecule has 1 aromatic carbocycles. The minimum atomic E-state index is -0.722. The van der Waals surface area contributed by atoms with Gasteiger partial charge in [0.25, 0.3) is 5.91 Å². The van der Waals surface area contributed by atoms with Crippen molar-refractivity contribution in [2.75, 3.05) is 13.6 Å². The van der Waals surface area contributed by atoms with Gasteiger partial charge < -0.3 is 10.0 Å². The Bertz CT molecular complexity index is 870. The number of hydrogen-bond donors (Lipinski definition) is 1. The monoisotopic (exact) mass is 368 g/mol. The third kappa shape index (κ3) is 4.30. The number of likely N-dealkylation sites (N-methyl/N-ethyl adjacent to an activating group) is 1. The van der Waals surface area contributed by atoms with Gasteiger partial charge in [-0.1, -0.05) is 30.3 Å². The molecule has 1 unspecified atom stereocenters. The first-order valence-corrected chi connectivity index (χ1v) is 9.16. The average molecular weight is 368 g/mol. The number of nitrogens with zero attached hydrogens (tertiary/aromatic N) is 4. The van der Waals surface area contributed by atoms with Crippen LogP contribution in [0.5, 0.6) is 0 Å². The van der Waals surface area contributed by atoms with Crippen LogP contribution in [-0.4, -0.2) is 50.6 Å². The van der Waals surface area contributed by atoms with Gasteiger partial charge in [0.05, 0.1) is 5.69 Å². The van der Waals surface area contributed by atoms with Crippen LogP contribution in [-0.2, 0) is 4.79 Å². The van der Waals surface area contributed by atoms with E-state index in [0.717, 1.165) is 27.8 Å². The molecule has 6 nitrogen and oxygen atoms in total. The second-order valence-electron chi connectivity index (χ2n) is 5.96. The highest BCUT2D eigenvalue weighted by molar-refractivity contribution is 7.13. The van der Waals surface area contributed by atoms with Gasteiger partial charge >= 0.3 is 0 Å². The van der Waals surface area contributed by atoms with E-state index in [-0.39, 0.29) is 5.91 Å². The molecule has 3 aromatic rings. The van der Waals surface area contributed by atoms with Crippen molar-refractivity contribution in [2.45, 2.75) is 19.4 Å². The van der Waals surface area contributed by atoms with Crippen molar-refractivity contribution in [3.05, 3.63) is 53.8 Å². The maximum absolute atomic E-state index is 10.6. The number of thiazole rings is 1. The Morgan fingerprint density at radius 1 is 1.15 bits per heavy atom. The zero-order valence-corrected chi connectivity index (χ0v) is 15.5. The van der Waals surface area contributed by atoms with Crippen molar-refractivity contribution in [2.24, 2.45) is 0 Å². The van der Waals surface area contributed by atoms with Crippen LogP contribution in [0.1, 0.15) is 12.2 Å². The number of amides is 1. The molecule has 7 heteroatoms. The fourth-order valence-corrected chi connectivity index (χ4v) is 3.33. The van der Waals surface area contributed by atoms with E-state index in [2.05, 4.69) is 27.1 Å². The Balaban J connectivity index is 0.000000206. The predicted octanol–water partition coefficient (Wildman–Crippen LogP) is 2.78. The maximum Gasteiger partial charge on any atom is 0.251 e. The van der Waals surface area contributed by atoms with E-state index in [4.69, 9.17) is 5.11 Å². The predicted molar refractivity (Wildman–Crippen MR) is 102 cm³/mol. The van der Waals surface area contributed by atoms with Crippen LogP contribution in [0.3, 0.4) is 0 Å². The first kappa shape index (κ1) is 18.2. The van der Waals surface area contributed by atoms with Crippen molar-refractivity contribution in [3.8, 4) is 22.0 Å². The third-order valence-electron chi connectivity index (χ3n) is 3.96. The lowest BCUT2D eigenvalue weighted by molar-refractivity contribution is -0.133. The Hall–Kier alpha value is -2.64. The normalized spacial score (nSPS) is 16.3. The van der Waals surface area contributed by atoms with Crippen LogP contribution in [0.15, 0.2) is 48.0 Å².